The smallest absolute Gasteiger partial charge is 0.271 e. The number of anilines is 1. The molecule has 0 radical (unpaired) electrons. The Bertz CT molecular complexity index is 937. The van der Waals surface area contributed by atoms with Crippen molar-refractivity contribution in [2.75, 3.05) is 5.43 Å². The molecule has 8 heteroatoms. The first-order valence-electron chi connectivity index (χ1n) is 8.65. The zero-order valence-electron chi connectivity index (χ0n) is 15.1. The van der Waals surface area contributed by atoms with Gasteiger partial charge in [-0.25, -0.2) is 0 Å². The lowest BCUT2D eigenvalue weighted by atomic mass is 9.80. The molecule has 2 aromatic rings. The van der Waals surface area contributed by atoms with Gasteiger partial charge >= 0.3 is 5.69 Å². The number of nitrogens with zero attached hydrogens (tertiary/aromatic N) is 3. The molecule has 3 rings (SSSR count). The van der Waals surface area contributed by atoms with E-state index in [-0.39, 0.29) is 22.5 Å². The number of hydrazone groups is 1. The third kappa shape index (κ3) is 3.79. The van der Waals surface area contributed by atoms with Crippen LogP contribution in [0.15, 0.2) is 47.6 Å². The number of nitro groups is 2. The van der Waals surface area contributed by atoms with Crippen molar-refractivity contribution in [3.05, 3.63) is 73.8 Å². The average molecular weight is 368 g/mol. The number of hydrogen-bond acceptors (Lipinski definition) is 6. The van der Waals surface area contributed by atoms with Crippen molar-refractivity contribution >= 4 is 22.8 Å². The largest absolute Gasteiger partial charge is 0.301 e. The van der Waals surface area contributed by atoms with Gasteiger partial charge < -0.3 is 0 Å². The van der Waals surface area contributed by atoms with E-state index in [1.165, 1.54) is 17.7 Å². The molecule has 0 aromatic heterocycles. The minimum Gasteiger partial charge on any atom is -0.271 e. The first-order chi connectivity index (χ1) is 12.8. The Kier molecular flexibility index (Phi) is 4.89. The molecule has 0 unspecified atom stereocenters. The number of benzene rings is 2. The van der Waals surface area contributed by atoms with Gasteiger partial charge in [0.2, 0.25) is 0 Å². The van der Waals surface area contributed by atoms with Crippen LogP contribution in [0.5, 0.6) is 0 Å². The lowest BCUT2D eigenvalue weighted by molar-refractivity contribution is -0.393. The number of nitrogens with one attached hydrogen (secondary N) is 1. The second-order valence-electron chi connectivity index (χ2n) is 7.17. The first-order valence-corrected chi connectivity index (χ1v) is 8.65. The van der Waals surface area contributed by atoms with Crippen molar-refractivity contribution in [3.8, 4) is 0 Å². The highest BCUT2D eigenvalue weighted by molar-refractivity contribution is 6.03. The Hall–Kier alpha value is -3.29. The number of hydrogen-bond donors (Lipinski definition) is 1. The predicted octanol–water partition coefficient (Wildman–Crippen LogP) is 4.78. The molecule has 0 saturated heterocycles. The van der Waals surface area contributed by atoms with Crippen molar-refractivity contribution in [2.45, 2.75) is 38.5 Å². The molecule has 140 valence electrons. The zero-order chi connectivity index (χ0) is 19.6. The summed E-state index contributed by atoms with van der Waals surface area (Å²) in [5.41, 5.74) is 5.23. The Morgan fingerprint density at radius 1 is 1.07 bits per heavy atom. The summed E-state index contributed by atoms with van der Waals surface area (Å²) in [5.74, 6) is 0. The summed E-state index contributed by atoms with van der Waals surface area (Å²) >= 11 is 0. The van der Waals surface area contributed by atoms with Gasteiger partial charge in [-0.2, -0.15) is 5.10 Å². The van der Waals surface area contributed by atoms with Crippen LogP contribution in [0.2, 0.25) is 0 Å². The minimum atomic E-state index is -0.660. The van der Waals surface area contributed by atoms with Gasteiger partial charge in [-0.3, -0.25) is 25.7 Å². The zero-order valence-corrected chi connectivity index (χ0v) is 15.1. The van der Waals surface area contributed by atoms with Crippen LogP contribution < -0.4 is 5.43 Å². The number of nitro benzene ring substituents is 2. The number of rotatable bonds is 4. The molecule has 0 spiro atoms. The molecule has 1 aliphatic rings. The fraction of sp³-hybridized carbons (Fsp3) is 0.316. The summed E-state index contributed by atoms with van der Waals surface area (Å²) in [6.07, 6.45) is 2.71. The average Bonchev–Trinajstić information content (AvgIpc) is 2.76. The molecular weight excluding hydrogens is 348 g/mol. The molecule has 8 nitrogen and oxygen atoms in total. The van der Waals surface area contributed by atoms with Crippen molar-refractivity contribution < 1.29 is 9.85 Å². The highest BCUT2D eigenvalue weighted by atomic mass is 16.6. The maximum atomic E-state index is 11.3. The Morgan fingerprint density at radius 2 is 1.81 bits per heavy atom. The molecule has 0 aliphatic heterocycles. The van der Waals surface area contributed by atoms with Crippen molar-refractivity contribution in [1.29, 1.82) is 0 Å². The van der Waals surface area contributed by atoms with E-state index < -0.39 is 9.85 Å². The van der Waals surface area contributed by atoms with Gasteiger partial charge in [0.1, 0.15) is 5.69 Å². The van der Waals surface area contributed by atoms with Crippen LogP contribution in [0.3, 0.4) is 0 Å². The molecule has 0 saturated carbocycles. The third-order valence-corrected chi connectivity index (χ3v) is 4.88. The molecule has 2 aromatic carbocycles. The van der Waals surface area contributed by atoms with Crippen molar-refractivity contribution in [1.82, 2.24) is 0 Å². The van der Waals surface area contributed by atoms with E-state index in [9.17, 15) is 20.2 Å². The van der Waals surface area contributed by atoms with E-state index >= 15 is 0 Å². The number of non-ortho nitro benzene ring substituents is 1. The third-order valence-electron chi connectivity index (χ3n) is 4.88. The summed E-state index contributed by atoms with van der Waals surface area (Å²) in [5, 5.41) is 26.6. The highest BCUT2D eigenvalue weighted by Crippen LogP contribution is 2.36. The van der Waals surface area contributed by atoms with Crippen LogP contribution in [-0.2, 0) is 5.41 Å². The van der Waals surface area contributed by atoms with E-state index in [1.54, 1.807) is 0 Å². The van der Waals surface area contributed by atoms with Gasteiger partial charge in [-0.15, -0.1) is 0 Å². The quantitative estimate of drug-likeness (QED) is 0.474. The van der Waals surface area contributed by atoms with Crippen LogP contribution in [0.25, 0.3) is 0 Å². The fourth-order valence-electron chi connectivity index (χ4n) is 3.42. The van der Waals surface area contributed by atoms with Crippen LogP contribution in [0.1, 0.15) is 44.2 Å². The van der Waals surface area contributed by atoms with Gasteiger partial charge in [0.25, 0.3) is 5.69 Å². The minimum absolute atomic E-state index is 0.0211. The van der Waals surface area contributed by atoms with Gasteiger partial charge in [0, 0.05) is 11.6 Å². The summed E-state index contributed by atoms with van der Waals surface area (Å²) in [7, 11) is 0. The van der Waals surface area contributed by atoms with Crippen LogP contribution in [0, 0.1) is 20.2 Å². The first kappa shape index (κ1) is 18.5. The molecule has 0 fully saturated rings. The summed E-state index contributed by atoms with van der Waals surface area (Å²) in [4.78, 5) is 20.8. The SMILES string of the molecule is CC1(C)CCC/C(=N\Nc2ccc([N+](=O)[O-])cc2[N+](=O)[O-])c2ccccc21. The number of fused-ring (bicyclic) bond motifs is 1. The van der Waals surface area contributed by atoms with E-state index in [0.29, 0.717) is 0 Å². The van der Waals surface area contributed by atoms with E-state index in [2.05, 4.69) is 30.4 Å². The van der Waals surface area contributed by atoms with E-state index in [0.717, 1.165) is 36.6 Å². The normalized spacial score (nSPS) is 17.0. The Morgan fingerprint density at radius 3 is 2.52 bits per heavy atom. The van der Waals surface area contributed by atoms with Crippen LogP contribution >= 0.6 is 0 Å². The van der Waals surface area contributed by atoms with Gasteiger partial charge in [0.15, 0.2) is 0 Å². The maximum absolute atomic E-state index is 11.3. The van der Waals surface area contributed by atoms with Crippen molar-refractivity contribution in [3.63, 3.8) is 0 Å². The molecule has 0 amide bonds. The Balaban J connectivity index is 1.99. The standard InChI is InChI=1S/C19H20N4O4/c1-19(2)11-5-8-16(14-6-3-4-7-15(14)19)20-21-17-10-9-13(22(24)25)12-18(17)23(26)27/h3-4,6-7,9-10,12,21H,5,8,11H2,1-2H3/b20-16+. The molecular formula is C19H20N4O4. The van der Waals surface area contributed by atoms with Crippen molar-refractivity contribution in [2.24, 2.45) is 5.10 Å². The summed E-state index contributed by atoms with van der Waals surface area (Å²) in [6, 6.07) is 11.5. The second kappa shape index (κ2) is 7.14. The molecule has 1 N–H and O–H groups in total. The lowest BCUT2D eigenvalue weighted by Gasteiger charge is -2.25. The highest BCUT2D eigenvalue weighted by Gasteiger charge is 2.28. The van der Waals surface area contributed by atoms with E-state index in [4.69, 9.17) is 0 Å². The summed E-state index contributed by atoms with van der Waals surface area (Å²) in [6.45, 7) is 4.40. The maximum Gasteiger partial charge on any atom is 0.301 e. The molecule has 27 heavy (non-hydrogen) atoms. The van der Waals surface area contributed by atoms with Gasteiger partial charge in [-0.1, -0.05) is 38.1 Å². The van der Waals surface area contributed by atoms with Gasteiger partial charge in [0.05, 0.1) is 21.6 Å². The van der Waals surface area contributed by atoms with E-state index in [1.807, 2.05) is 18.2 Å². The Labute approximate surface area is 156 Å². The fourth-order valence-corrected chi connectivity index (χ4v) is 3.42. The lowest BCUT2D eigenvalue weighted by Crippen LogP contribution is -2.18. The van der Waals surface area contributed by atoms with Crippen LogP contribution in [-0.4, -0.2) is 15.6 Å². The molecule has 0 heterocycles. The molecule has 1 aliphatic carbocycles. The topological polar surface area (TPSA) is 111 Å². The van der Waals surface area contributed by atoms with Crippen LogP contribution in [0.4, 0.5) is 17.1 Å². The molecule has 0 bridgehead atoms. The second-order valence-corrected chi connectivity index (χ2v) is 7.17. The molecule has 0 atom stereocenters. The monoisotopic (exact) mass is 368 g/mol. The summed E-state index contributed by atoms with van der Waals surface area (Å²) < 4.78 is 0. The van der Waals surface area contributed by atoms with Gasteiger partial charge in [-0.05, 0) is 36.3 Å². The predicted molar refractivity (Wildman–Crippen MR) is 103 cm³/mol.